The number of nitrogens with zero attached hydrogens (tertiary/aromatic N) is 3. The maximum atomic E-state index is 4.89. The lowest BCUT2D eigenvalue weighted by Gasteiger charge is -2.28. The number of ether oxygens (including phenoxy) is 1. The second-order valence-electron chi connectivity index (χ2n) is 8.39. The molecule has 0 radical (unpaired) electrons. The number of aromatic nitrogens is 2. The zero-order chi connectivity index (χ0) is 26.2. The fourth-order valence-corrected chi connectivity index (χ4v) is 3.48. The van der Waals surface area contributed by atoms with Gasteiger partial charge in [0.1, 0.15) is 5.82 Å². The summed E-state index contributed by atoms with van der Waals surface area (Å²) in [6.45, 7) is 16.3. The minimum atomic E-state index is 0.280. The van der Waals surface area contributed by atoms with Crippen LogP contribution in [0.4, 0.5) is 0 Å². The predicted molar refractivity (Wildman–Crippen MR) is 151 cm³/mol. The topological polar surface area (TPSA) is 50.3 Å². The van der Waals surface area contributed by atoms with Crippen molar-refractivity contribution >= 4 is 11.4 Å². The average molecular weight is 479 g/mol. The van der Waals surface area contributed by atoms with Gasteiger partial charge in [-0.05, 0) is 43.0 Å². The van der Waals surface area contributed by atoms with E-state index >= 15 is 0 Å². The Bertz CT molecular complexity index is 957. The van der Waals surface area contributed by atoms with E-state index in [2.05, 4.69) is 92.4 Å². The van der Waals surface area contributed by atoms with Crippen molar-refractivity contribution in [3.05, 3.63) is 83.1 Å². The molecule has 0 unspecified atom stereocenters. The van der Waals surface area contributed by atoms with Gasteiger partial charge in [0, 0.05) is 45.6 Å². The van der Waals surface area contributed by atoms with Crippen molar-refractivity contribution in [2.45, 2.75) is 67.2 Å². The Morgan fingerprint density at radius 1 is 1.11 bits per heavy atom. The smallest absolute Gasteiger partial charge is 0.131 e. The predicted octanol–water partition coefficient (Wildman–Crippen LogP) is 7.19. The van der Waals surface area contributed by atoms with Gasteiger partial charge in [0.05, 0.1) is 17.1 Å². The molecule has 3 rings (SSSR count). The highest BCUT2D eigenvalue weighted by molar-refractivity contribution is 5.88. The second-order valence-corrected chi connectivity index (χ2v) is 8.39. The number of rotatable bonds is 8. The van der Waals surface area contributed by atoms with Crippen molar-refractivity contribution < 1.29 is 4.74 Å². The molecule has 5 heteroatoms. The summed E-state index contributed by atoms with van der Waals surface area (Å²) in [6, 6.07) is 10.6. The molecular formula is C30H46N4O. The molecule has 1 N–H and O–H groups in total. The highest BCUT2D eigenvalue weighted by Gasteiger charge is 2.20. The minimum Gasteiger partial charge on any atom is -0.386 e. The molecule has 0 aliphatic carbocycles. The van der Waals surface area contributed by atoms with Crippen LogP contribution in [0.5, 0.6) is 0 Å². The molecule has 1 aromatic heterocycles. The second kappa shape index (κ2) is 16.7. The van der Waals surface area contributed by atoms with Gasteiger partial charge >= 0.3 is 0 Å². The van der Waals surface area contributed by atoms with Crippen LogP contribution in [0.15, 0.2) is 60.5 Å². The van der Waals surface area contributed by atoms with Crippen LogP contribution < -0.4 is 5.32 Å². The lowest BCUT2D eigenvalue weighted by atomic mass is 10.0. The number of methoxy groups -OCH3 is 1. The maximum absolute atomic E-state index is 4.89. The third-order valence-corrected chi connectivity index (χ3v) is 5.38. The van der Waals surface area contributed by atoms with Crippen molar-refractivity contribution in [2.24, 2.45) is 0 Å². The van der Waals surface area contributed by atoms with E-state index in [1.165, 1.54) is 11.1 Å². The van der Waals surface area contributed by atoms with Crippen LogP contribution in [-0.4, -0.2) is 42.2 Å². The molecule has 0 amide bonds. The summed E-state index contributed by atoms with van der Waals surface area (Å²) < 4.78 is 4.69. The van der Waals surface area contributed by atoms with Gasteiger partial charge in [-0.25, -0.2) is 9.97 Å². The van der Waals surface area contributed by atoms with Gasteiger partial charge in [0.25, 0.3) is 0 Å². The summed E-state index contributed by atoms with van der Waals surface area (Å²) in [6.07, 6.45) is 10.7. The Labute approximate surface area is 214 Å². The highest BCUT2D eigenvalue weighted by Crippen LogP contribution is 2.29. The van der Waals surface area contributed by atoms with Gasteiger partial charge in [-0.1, -0.05) is 77.4 Å². The number of nitrogens with one attached hydrogen (secondary N) is 1. The molecular weight excluding hydrogens is 432 g/mol. The summed E-state index contributed by atoms with van der Waals surface area (Å²) in [5.74, 6) is 1.14. The Morgan fingerprint density at radius 2 is 1.80 bits per heavy atom. The normalized spacial score (nSPS) is 13.2. The SMILES string of the molecule is CC.CCC1=CCN(/C(=C(\NC)c2ccc(C)cc2)c2ccnc(C(C)C)n2)C=C1.CCCOC. The number of hydrogen-bond donors (Lipinski definition) is 1. The van der Waals surface area contributed by atoms with Gasteiger partial charge in [0.15, 0.2) is 0 Å². The van der Waals surface area contributed by atoms with Gasteiger partial charge in [-0.3, -0.25) is 0 Å². The van der Waals surface area contributed by atoms with E-state index in [1.807, 2.05) is 33.2 Å². The van der Waals surface area contributed by atoms with Crippen molar-refractivity contribution in [1.29, 1.82) is 0 Å². The molecule has 192 valence electrons. The molecule has 2 aromatic rings. The zero-order valence-electron chi connectivity index (χ0n) is 23.4. The van der Waals surface area contributed by atoms with E-state index in [1.54, 1.807) is 7.11 Å². The highest BCUT2D eigenvalue weighted by atomic mass is 16.5. The first-order valence-corrected chi connectivity index (χ1v) is 12.9. The lowest BCUT2D eigenvalue weighted by Crippen LogP contribution is -2.24. The van der Waals surface area contributed by atoms with Crippen LogP contribution in [0, 0.1) is 6.92 Å². The van der Waals surface area contributed by atoms with Crippen LogP contribution in [0.2, 0.25) is 0 Å². The van der Waals surface area contributed by atoms with Crippen molar-refractivity contribution in [3.8, 4) is 0 Å². The summed E-state index contributed by atoms with van der Waals surface area (Å²) in [7, 11) is 3.68. The van der Waals surface area contributed by atoms with E-state index in [4.69, 9.17) is 9.72 Å². The monoisotopic (exact) mass is 478 g/mol. The molecule has 0 saturated heterocycles. The van der Waals surface area contributed by atoms with Crippen LogP contribution in [0.1, 0.15) is 82.9 Å². The molecule has 0 atom stereocenters. The molecule has 1 aromatic carbocycles. The van der Waals surface area contributed by atoms with E-state index in [0.29, 0.717) is 0 Å². The summed E-state index contributed by atoms with van der Waals surface area (Å²) in [4.78, 5) is 11.6. The van der Waals surface area contributed by atoms with Gasteiger partial charge < -0.3 is 15.0 Å². The fraction of sp³-hybridized carbons (Fsp3) is 0.467. The first-order valence-electron chi connectivity index (χ1n) is 12.9. The molecule has 1 aliphatic heterocycles. The molecule has 0 spiro atoms. The van der Waals surface area contributed by atoms with Gasteiger partial charge in [-0.15, -0.1) is 0 Å². The third kappa shape index (κ3) is 9.33. The average Bonchev–Trinajstić information content (AvgIpc) is 2.90. The molecule has 0 fully saturated rings. The van der Waals surface area contributed by atoms with Crippen molar-refractivity contribution in [3.63, 3.8) is 0 Å². The molecule has 5 nitrogen and oxygen atoms in total. The number of aryl methyl sites for hydroxylation is 1. The van der Waals surface area contributed by atoms with Crippen LogP contribution in [0.3, 0.4) is 0 Å². The minimum absolute atomic E-state index is 0.280. The van der Waals surface area contributed by atoms with E-state index in [0.717, 1.165) is 54.5 Å². The van der Waals surface area contributed by atoms with Crippen LogP contribution in [0.25, 0.3) is 11.4 Å². The molecule has 0 bridgehead atoms. The standard InChI is InChI=1S/C24H30N4.C4H10O.C2H6/c1-6-19-12-15-28(16-13-19)23(21-11-14-26-24(27-21)17(2)3)22(25-5)20-9-7-18(4)8-10-20;1-3-4-5-2;1-2/h7-15,17,25H,6,16H2,1-5H3;3-4H2,1-2H3;1-2H3/b23-22-;;. The van der Waals surface area contributed by atoms with Gasteiger partial charge in [-0.2, -0.15) is 0 Å². The lowest BCUT2D eigenvalue weighted by molar-refractivity contribution is 0.199. The van der Waals surface area contributed by atoms with Crippen molar-refractivity contribution in [1.82, 2.24) is 20.2 Å². The molecule has 2 heterocycles. The Kier molecular flexibility index (Phi) is 14.3. The third-order valence-electron chi connectivity index (χ3n) is 5.38. The number of allylic oxidation sites excluding steroid dienone is 2. The Hall–Kier alpha value is -2.92. The first-order chi connectivity index (χ1) is 16.9. The summed E-state index contributed by atoms with van der Waals surface area (Å²) in [5, 5.41) is 3.43. The van der Waals surface area contributed by atoms with Crippen molar-refractivity contribution in [2.75, 3.05) is 27.3 Å². The molecule has 35 heavy (non-hydrogen) atoms. The molecule has 0 saturated carbocycles. The summed E-state index contributed by atoms with van der Waals surface area (Å²) in [5.41, 5.74) is 6.82. The quantitative estimate of drug-likeness (QED) is 0.435. The number of hydrogen-bond acceptors (Lipinski definition) is 5. The zero-order valence-corrected chi connectivity index (χ0v) is 23.4. The van der Waals surface area contributed by atoms with Crippen LogP contribution >= 0.6 is 0 Å². The fourth-order valence-electron chi connectivity index (χ4n) is 3.48. The largest absolute Gasteiger partial charge is 0.386 e. The van der Waals surface area contributed by atoms with Crippen LogP contribution in [-0.2, 0) is 4.74 Å². The van der Waals surface area contributed by atoms with E-state index in [-0.39, 0.29) is 5.92 Å². The first kappa shape index (κ1) is 30.1. The maximum Gasteiger partial charge on any atom is 0.131 e. The molecule has 1 aliphatic rings. The van der Waals surface area contributed by atoms with Gasteiger partial charge in [0.2, 0.25) is 0 Å². The van der Waals surface area contributed by atoms with E-state index < -0.39 is 0 Å². The number of benzene rings is 1. The summed E-state index contributed by atoms with van der Waals surface area (Å²) >= 11 is 0. The Morgan fingerprint density at radius 3 is 2.26 bits per heavy atom. The van der Waals surface area contributed by atoms with E-state index in [9.17, 15) is 0 Å². The Balaban J connectivity index is 0.000000779.